The number of hydrogen-bond donors (Lipinski definition) is 1. The Morgan fingerprint density at radius 1 is 1.31 bits per heavy atom. The summed E-state index contributed by atoms with van der Waals surface area (Å²) in [5, 5.41) is 0. The highest BCUT2D eigenvalue weighted by atomic mass is 31.2. The van der Waals surface area contributed by atoms with Gasteiger partial charge < -0.3 is 19.1 Å². The first kappa shape index (κ1) is 21.8. The molecule has 2 fully saturated rings. The summed E-state index contributed by atoms with van der Waals surface area (Å²) >= 11 is 0. The predicted molar refractivity (Wildman–Crippen MR) is 109 cm³/mol. The molecule has 3 atom stereocenters. The third-order valence-corrected chi connectivity index (χ3v) is 7.36. The minimum atomic E-state index is -3.71. The molecule has 0 bridgehead atoms. The third-order valence-electron chi connectivity index (χ3n) is 5.37. The normalized spacial score (nSPS) is 25.3. The molecular weight excluding hydrogens is 399 g/mol. The Hall–Kier alpha value is -1.94. The zero-order valence-electron chi connectivity index (χ0n) is 17.5. The molecule has 0 radical (unpaired) electrons. The maximum Gasteiger partial charge on any atom is 0.394 e. The van der Waals surface area contributed by atoms with Crippen LogP contribution in [0.25, 0.3) is 0 Å². The minimum Gasteiger partial charge on any atom is -0.373 e. The Balaban J connectivity index is 2.08. The first-order valence-electron chi connectivity index (χ1n) is 9.59. The van der Waals surface area contributed by atoms with Gasteiger partial charge in [0.15, 0.2) is 0 Å². The molecule has 0 aliphatic carbocycles. The van der Waals surface area contributed by atoms with Crippen LogP contribution >= 0.6 is 7.67 Å². The number of guanidine groups is 1. The highest BCUT2D eigenvalue weighted by Gasteiger charge is 2.43. The molecule has 162 valence electrons. The van der Waals surface area contributed by atoms with Crippen LogP contribution in [0.5, 0.6) is 0 Å². The molecule has 0 spiro atoms. The summed E-state index contributed by atoms with van der Waals surface area (Å²) in [6.45, 7) is 5.51. The second-order valence-electron chi connectivity index (χ2n) is 7.36. The molecule has 0 saturated carbocycles. The van der Waals surface area contributed by atoms with E-state index >= 15 is 0 Å². The van der Waals surface area contributed by atoms with E-state index < -0.39 is 25.1 Å². The Kier molecular flexibility index (Phi) is 6.33. The fourth-order valence-corrected chi connectivity index (χ4v) is 5.34. The summed E-state index contributed by atoms with van der Waals surface area (Å²) in [7, 11) is 1.40. The van der Waals surface area contributed by atoms with Gasteiger partial charge in [0.05, 0.1) is 12.7 Å². The van der Waals surface area contributed by atoms with Crippen molar-refractivity contribution < 1.29 is 13.8 Å². The van der Waals surface area contributed by atoms with Crippen LogP contribution in [0.2, 0.25) is 0 Å². The van der Waals surface area contributed by atoms with Crippen LogP contribution in [-0.2, 0) is 13.8 Å². The van der Waals surface area contributed by atoms with Gasteiger partial charge in [-0.2, -0.15) is 9.43 Å². The molecule has 3 rings (SSSR count). The molecule has 11 nitrogen and oxygen atoms in total. The summed E-state index contributed by atoms with van der Waals surface area (Å²) in [5.74, 6) is 0.568. The highest BCUT2D eigenvalue weighted by molar-refractivity contribution is 7.55. The molecule has 2 saturated heterocycles. The Bertz CT molecular complexity index is 931. The largest absolute Gasteiger partial charge is 0.394 e. The number of H-pyrrole nitrogens is 1. The van der Waals surface area contributed by atoms with Crippen molar-refractivity contribution in [2.24, 2.45) is 4.76 Å². The zero-order chi connectivity index (χ0) is 21.3. The smallest absolute Gasteiger partial charge is 0.373 e. The van der Waals surface area contributed by atoms with Crippen LogP contribution in [0, 0.1) is 6.92 Å². The number of likely N-dealkylation sites (N-methyl/N-ethyl adjacent to an activating group) is 2. The van der Waals surface area contributed by atoms with Gasteiger partial charge in [0, 0.05) is 52.6 Å². The summed E-state index contributed by atoms with van der Waals surface area (Å²) in [5.41, 5.74) is -0.680. The molecule has 1 aromatic rings. The van der Waals surface area contributed by atoms with Gasteiger partial charge in [0.2, 0.25) is 5.96 Å². The van der Waals surface area contributed by atoms with E-state index in [1.54, 1.807) is 11.6 Å². The second kappa shape index (κ2) is 8.43. The van der Waals surface area contributed by atoms with Crippen LogP contribution in [0.15, 0.2) is 20.5 Å². The minimum absolute atomic E-state index is 0.119. The lowest BCUT2D eigenvalue weighted by molar-refractivity contribution is -0.0613. The number of ether oxygens (including phenoxy) is 1. The number of aryl methyl sites for hydroxylation is 1. The van der Waals surface area contributed by atoms with Gasteiger partial charge in [-0.3, -0.25) is 14.3 Å². The van der Waals surface area contributed by atoms with Crippen molar-refractivity contribution in [3.63, 3.8) is 0 Å². The molecule has 1 aromatic heterocycles. The van der Waals surface area contributed by atoms with Crippen molar-refractivity contribution in [2.75, 3.05) is 47.4 Å². The third kappa shape index (κ3) is 4.18. The molecule has 2 aliphatic heterocycles. The predicted octanol–water partition coefficient (Wildman–Crippen LogP) is 0.442. The van der Waals surface area contributed by atoms with Gasteiger partial charge in [-0.15, -0.1) is 0 Å². The SMILES string of the molecule is CC[C@@H]1CN(P(=O)(N=C2N(C)CCN2C)OC)C(n2cc(C)c(=O)[nH]c2=O)CO1. The van der Waals surface area contributed by atoms with Crippen molar-refractivity contribution in [3.8, 4) is 0 Å². The number of nitrogens with one attached hydrogen (secondary N) is 1. The van der Waals surface area contributed by atoms with E-state index in [0.29, 0.717) is 17.9 Å². The van der Waals surface area contributed by atoms with Crippen LogP contribution in [0.3, 0.4) is 0 Å². The fourth-order valence-electron chi connectivity index (χ4n) is 3.50. The summed E-state index contributed by atoms with van der Waals surface area (Å²) in [6.07, 6.45) is 1.26. The molecule has 3 heterocycles. The average Bonchev–Trinajstić information content (AvgIpc) is 3.02. The molecule has 0 amide bonds. The number of aromatic nitrogens is 2. The number of hydrogen-bond acceptors (Lipinski definition) is 5. The number of rotatable bonds is 5. The fraction of sp³-hybridized carbons (Fsp3) is 0.706. The van der Waals surface area contributed by atoms with E-state index in [-0.39, 0.29) is 19.3 Å². The summed E-state index contributed by atoms with van der Waals surface area (Å²) in [6, 6.07) is 0. The first-order chi connectivity index (χ1) is 13.7. The average molecular weight is 428 g/mol. The van der Waals surface area contributed by atoms with Gasteiger partial charge in [-0.05, 0) is 13.3 Å². The van der Waals surface area contributed by atoms with E-state index in [1.165, 1.54) is 17.9 Å². The van der Waals surface area contributed by atoms with Gasteiger partial charge >= 0.3 is 13.4 Å². The molecule has 29 heavy (non-hydrogen) atoms. The van der Waals surface area contributed by atoms with Crippen LogP contribution in [-0.4, -0.2) is 83.5 Å². The number of morpholine rings is 1. The first-order valence-corrected chi connectivity index (χ1v) is 11.1. The van der Waals surface area contributed by atoms with Crippen molar-refractivity contribution in [3.05, 3.63) is 32.6 Å². The molecule has 2 unspecified atom stereocenters. The van der Waals surface area contributed by atoms with E-state index in [2.05, 4.69) is 9.75 Å². The van der Waals surface area contributed by atoms with E-state index in [4.69, 9.17) is 9.26 Å². The monoisotopic (exact) mass is 428 g/mol. The molecule has 12 heteroatoms. The van der Waals surface area contributed by atoms with Gasteiger partial charge in [0.1, 0.15) is 6.17 Å². The maximum absolute atomic E-state index is 13.9. The van der Waals surface area contributed by atoms with E-state index in [0.717, 1.165) is 13.1 Å². The highest BCUT2D eigenvalue weighted by Crippen LogP contribution is 2.56. The Morgan fingerprint density at radius 3 is 2.55 bits per heavy atom. The van der Waals surface area contributed by atoms with Crippen LogP contribution in [0.1, 0.15) is 25.1 Å². The van der Waals surface area contributed by atoms with Crippen LogP contribution in [0.4, 0.5) is 0 Å². The van der Waals surface area contributed by atoms with Crippen molar-refractivity contribution in [1.29, 1.82) is 0 Å². The molecule has 1 N–H and O–H groups in total. The number of aromatic amines is 1. The quantitative estimate of drug-likeness (QED) is 0.673. The van der Waals surface area contributed by atoms with E-state index in [1.807, 2.05) is 30.8 Å². The standard InChI is InChI=1S/C17H29N6O5P/c1-6-13-10-23(29(26,27-5)19-16-20(3)7-8-21(16)4)14(11-28-13)22-9-12(2)15(24)18-17(22)25/h9,13-14H,6-8,10-11H2,1-5H3,(H,18,24,25)/t13-,14?,29?/m1/s1. The van der Waals surface area contributed by atoms with Crippen LogP contribution < -0.4 is 11.2 Å². The topological polar surface area (TPSA) is 112 Å². The Labute approximate surface area is 169 Å². The van der Waals surface area contributed by atoms with Gasteiger partial charge in [-0.25, -0.2) is 9.36 Å². The Morgan fingerprint density at radius 2 is 1.97 bits per heavy atom. The van der Waals surface area contributed by atoms with Gasteiger partial charge in [-0.1, -0.05) is 6.92 Å². The zero-order valence-corrected chi connectivity index (χ0v) is 18.4. The maximum atomic E-state index is 13.9. The lowest BCUT2D eigenvalue weighted by Crippen LogP contribution is -2.49. The van der Waals surface area contributed by atoms with Crippen molar-refractivity contribution in [2.45, 2.75) is 32.5 Å². The van der Waals surface area contributed by atoms with Crippen molar-refractivity contribution in [1.82, 2.24) is 24.0 Å². The molecular formula is C17H29N6O5P. The lowest BCUT2D eigenvalue weighted by atomic mass is 10.2. The van der Waals surface area contributed by atoms with Gasteiger partial charge in [0.25, 0.3) is 5.56 Å². The lowest BCUT2D eigenvalue weighted by Gasteiger charge is -2.41. The van der Waals surface area contributed by atoms with E-state index in [9.17, 15) is 14.2 Å². The summed E-state index contributed by atoms with van der Waals surface area (Å²) < 4.78 is 32.7. The van der Waals surface area contributed by atoms with Crippen molar-refractivity contribution >= 4 is 13.6 Å². The molecule has 0 aromatic carbocycles. The molecule has 2 aliphatic rings. The second-order valence-corrected chi connectivity index (χ2v) is 9.42. The summed E-state index contributed by atoms with van der Waals surface area (Å²) in [4.78, 5) is 30.4. The number of nitrogens with zero attached hydrogens (tertiary/aromatic N) is 5.